The number of nitrogens with zero attached hydrogens (tertiary/aromatic N) is 1. The Morgan fingerprint density at radius 2 is 1.81 bits per heavy atom. The summed E-state index contributed by atoms with van der Waals surface area (Å²) in [5.41, 5.74) is 1.46. The standard InChI is InChI=1S/C27H23ClIN3O5/c1-3-36-20-10-8-19(9-11-20)31-27(34)18(15-30)12-17-13-22(29)26(24(14-17)35-2)37-16-25(33)32-23-7-5-4-6-21(23)28/h4-14H,3,16H2,1-2H3,(H,31,34)(H,32,33)/b18-12+. The number of rotatable bonds is 10. The van der Waals surface area contributed by atoms with E-state index in [1.54, 1.807) is 60.7 Å². The number of hydrogen-bond donors (Lipinski definition) is 2. The highest BCUT2D eigenvalue weighted by molar-refractivity contribution is 14.1. The minimum Gasteiger partial charge on any atom is -0.494 e. The van der Waals surface area contributed by atoms with Crippen molar-refractivity contribution in [3.8, 4) is 23.3 Å². The first-order valence-electron chi connectivity index (χ1n) is 11.0. The van der Waals surface area contributed by atoms with E-state index in [0.717, 1.165) is 0 Å². The van der Waals surface area contributed by atoms with Crippen LogP contribution in [-0.4, -0.2) is 32.1 Å². The third-order valence-electron chi connectivity index (χ3n) is 4.85. The summed E-state index contributed by atoms with van der Waals surface area (Å²) in [5.74, 6) is 0.423. The quantitative estimate of drug-likeness (QED) is 0.164. The van der Waals surface area contributed by atoms with Gasteiger partial charge in [0.2, 0.25) is 0 Å². The van der Waals surface area contributed by atoms with Gasteiger partial charge in [-0.05, 0) is 89.7 Å². The first kappa shape index (κ1) is 27.8. The SMILES string of the molecule is CCOc1ccc(NC(=O)/C(C#N)=C/c2cc(I)c(OCC(=O)Nc3ccccc3Cl)c(OC)c2)cc1. The van der Waals surface area contributed by atoms with Gasteiger partial charge in [0.15, 0.2) is 18.1 Å². The van der Waals surface area contributed by atoms with Gasteiger partial charge in [0.05, 0.1) is 28.0 Å². The fourth-order valence-electron chi connectivity index (χ4n) is 3.16. The van der Waals surface area contributed by atoms with Crippen LogP contribution in [0, 0.1) is 14.9 Å². The zero-order valence-corrected chi connectivity index (χ0v) is 22.9. The van der Waals surface area contributed by atoms with Crippen LogP contribution in [0.3, 0.4) is 0 Å². The number of halogens is 2. The Balaban J connectivity index is 1.72. The van der Waals surface area contributed by atoms with Gasteiger partial charge in [-0.3, -0.25) is 9.59 Å². The number of carbonyl (C=O) groups is 2. The lowest BCUT2D eigenvalue weighted by molar-refractivity contribution is -0.118. The van der Waals surface area contributed by atoms with Crippen molar-refractivity contribution < 1.29 is 23.8 Å². The molecule has 0 heterocycles. The number of carbonyl (C=O) groups excluding carboxylic acids is 2. The molecule has 0 fully saturated rings. The van der Waals surface area contributed by atoms with E-state index in [2.05, 4.69) is 10.6 Å². The molecule has 2 N–H and O–H groups in total. The molecule has 0 bridgehead atoms. The Morgan fingerprint density at radius 3 is 2.46 bits per heavy atom. The first-order chi connectivity index (χ1) is 17.8. The molecule has 3 rings (SSSR count). The van der Waals surface area contributed by atoms with E-state index in [1.807, 2.05) is 35.6 Å². The lowest BCUT2D eigenvalue weighted by Crippen LogP contribution is -2.20. The van der Waals surface area contributed by atoms with Crippen LogP contribution in [0.2, 0.25) is 5.02 Å². The van der Waals surface area contributed by atoms with Crippen molar-refractivity contribution in [2.45, 2.75) is 6.92 Å². The number of amides is 2. The molecule has 2 amide bonds. The van der Waals surface area contributed by atoms with Crippen molar-refractivity contribution in [1.82, 2.24) is 0 Å². The molecular weight excluding hydrogens is 609 g/mol. The molecule has 0 aliphatic carbocycles. The number of nitriles is 1. The molecule has 0 unspecified atom stereocenters. The van der Waals surface area contributed by atoms with Gasteiger partial charge in [0, 0.05) is 5.69 Å². The predicted molar refractivity (Wildman–Crippen MR) is 151 cm³/mol. The van der Waals surface area contributed by atoms with Gasteiger partial charge < -0.3 is 24.8 Å². The third kappa shape index (κ3) is 7.87. The average Bonchev–Trinajstić information content (AvgIpc) is 2.89. The van der Waals surface area contributed by atoms with Crippen LogP contribution >= 0.6 is 34.2 Å². The number of methoxy groups -OCH3 is 1. The van der Waals surface area contributed by atoms with Crippen molar-refractivity contribution >= 4 is 63.5 Å². The van der Waals surface area contributed by atoms with E-state index in [0.29, 0.717) is 49.4 Å². The topological polar surface area (TPSA) is 110 Å². The van der Waals surface area contributed by atoms with Gasteiger partial charge in [0.25, 0.3) is 11.8 Å². The summed E-state index contributed by atoms with van der Waals surface area (Å²) in [5, 5.41) is 15.4. The number of anilines is 2. The Morgan fingerprint density at radius 1 is 1.08 bits per heavy atom. The summed E-state index contributed by atoms with van der Waals surface area (Å²) in [6.07, 6.45) is 1.45. The summed E-state index contributed by atoms with van der Waals surface area (Å²) in [7, 11) is 1.46. The molecule has 190 valence electrons. The average molecular weight is 632 g/mol. The van der Waals surface area contributed by atoms with E-state index in [4.69, 9.17) is 25.8 Å². The van der Waals surface area contributed by atoms with Crippen LogP contribution in [0.15, 0.2) is 66.2 Å². The van der Waals surface area contributed by atoms with Crippen molar-refractivity contribution in [1.29, 1.82) is 5.26 Å². The highest BCUT2D eigenvalue weighted by atomic mass is 127. The smallest absolute Gasteiger partial charge is 0.266 e. The fraction of sp³-hybridized carbons (Fsp3) is 0.148. The largest absolute Gasteiger partial charge is 0.494 e. The highest BCUT2D eigenvalue weighted by Gasteiger charge is 2.16. The highest BCUT2D eigenvalue weighted by Crippen LogP contribution is 2.35. The van der Waals surface area contributed by atoms with Crippen LogP contribution in [-0.2, 0) is 9.59 Å². The molecule has 37 heavy (non-hydrogen) atoms. The second-order valence-corrected chi connectivity index (χ2v) is 9.00. The van der Waals surface area contributed by atoms with E-state index in [1.165, 1.54) is 13.2 Å². The van der Waals surface area contributed by atoms with Crippen LogP contribution in [0.1, 0.15) is 12.5 Å². The number of nitrogens with one attached hydrogen (secondary N) is 2. The van der Waals surface area contributed by atoms with Gasteiger partial charge >= 0.3 is 0 Å². The number of ether oxygens (including phenoxy) is 3. The molecule has 0 saturated heterocycles. The second-order valence-electron chi connectivity index (χ2n) is 7.43. The zero-order chi connectivity index (χ0) is 26.8. The van der Waals surface area contributed by atoms with Crippen LogP contribution in [0.25, 0.3) is 6.08 Å². The van der Waals surface area contributed by atoms with E-state index < -0.39 is 11.8 Å². The van der Waals surface area contributed by atoms with Crippen LogP contribution in [0.4, 0.5) is 11.4 Å². The summed E-state index contributed by atoms with van der Waals surface area (Å²) in [6, 6.07) is 19.0. The molecule has 0 aliphatic rings. The monoisotopic (exact) mass is 631 g/mol. The Kier molecular flexibility index (Phi) is 10.2. The molecule has 8 nitrogen and oxygen atoms in total. The lowest BCUT2D eigenvalue weighted by atomic mass is 10.1. The van der Waals surface area contributed by atoms with Gasteiger partial charge in [0.1, 0.15) is 17.4 Å². The van der Waals surface area contributed by atoms with Gasteiger partial charge in [-0.25, -0.2) is 0 Å². The number of para-hydroxylation sites is 1. The van der Waals surface area contributed by atoms with Crippen molar-refractivity contribution in [3.05, 3.63) is 80.4 Å². The predicted octanol–water partition coefficient (Wildman–Crippen LogP) is 5.92. The Bertz CT molecular complexity index is 1350. The second kappa shape index (κ2) is 13.5. The maximum atomic E-state index is 12.7. The molecular formula is C27H23ClIN3O5. The molecule has 0 aliphatic heterocycles. The van der Waals surface area contributed by atoms with Gasteiger partial charge in [-0.15, -0.1) is 0 Å². The van der Waals surface area contributed by atoms with E-state index >= 15 is 0 Å². The molecule has 0 spiro atoms. The van der Waals surface area contributed by atoms with E-state index in [-0.39, 0.29) is 12.2 Å². The van der Waals surface area contributed by atoms with E-state index in [9.17, 15) is 14.9 Å². The van der Waals surface area contributed by atoms with Crippen LogP contribution < -0.4 is 24.8 Å². The molecule has 0 aromatic heterocycles. The molecule has 10 heteroatoms. The normalized spacial score (nSPS) is 10.7. The van der Waals surface area contributed by atoms with Crippen molar-refractivity contribution in [2.24, 2.45) is 0 Å². The maximum Gasteiger partial charge on any atom is 0.266 e. The number of benzene rings is 3. The molecule has 3 aromatic carbocycles. The number of hydrogen-bond acceptors (Lipinski definition) is 6. The third-order valence-corrected chi connectivity index (χ3v) is 5.98. The fourth-order valence-corrected chi connectivity index (χ4v) is 4.13. The van der Waals surface area contributed by atoms with Gasteiger partial charge in [-0.1, -0.05) is 23.7 Å². The maximum absolute atomic E-state index is 12.7. The lowest BCUT2D eigenvalue weighted by Gasteiger charge is -2.14. The first-order valence-corrected chi connectivity index (χ1v) is 12.5. The summed E-state index contributed by atoms with van der Waals surface area (Å²) in [6.45, 7) is 2.14. The molecule has 0 atom stereocenters. The Hall–Kier alpha value is -3.75. The molecule has 0 saturated carbocycles. The molecule has 0 radical (unpaired) electrons. The van der Waals surface area contributed by atoms with Crippen molar-refractivity contribution in [2.75, 3.05) is 31.0 Å². The minimum absolute atomic E-state index is 0.0977. The summed E-state index contributed by atoms with van der Waals surface area (Å²) >= 11 is 8.11. The Labute approximate surface area is 233 Å². The van der Waals surface area contributed by atoms with Crippen LogP contribution in [0.5, 0.6) is 17.2 Å². The summed E-state index contributed by atoms with van der Waals surface area (Å²) in [4.78, 5) is 25.0. The van der Waals surface area contributed by atoms with Gasteiger partial charge in [-0.2, -0.15) is 5.26 Å². The minimum atomic E-state index is -0.558. The molecule has 3 aromatic rings. The summed E-state index contributed by atoms with van der Waals surface area (Å²) < 4.78 is 17.2. The zero-order valence-electron chi connectivity index (χ0n) is 20.0. The van der Waals surface area contributed by atoms with Crippen molar-refractivity contribution in [3.63, 3.8) is 0 Å².